The van der Waals surface area contributed by atoms with E-state index >= 15 is 0 Å². The molecule has 0 amide bonds. The van der Waals surface area contributed by atoms with E-state index in [0.717, 1.165) is 11.1 Å². The Bertz CT molecular complexity index is 1470. The molecule has 2 heterocycles. The van der Waals surface area contributed by atoms with Crippen molar-refractivity contribution in [3.8, 4) is 11.5 Å². The largest absolute Gasteiger partial charge is 0.507 e. The van der Waals surface area contributed by atoms with E-state index in [1.165, 1.54) is 13.0 Å². The lowest BCUT2D eigenvalue weighted by molar-refractivity contribution is -0.168. The van der Waals surface area contributed by atoms with Crippen LogP contribution in [0.5, 0.6) is 11.5 Å². The van der Waals surface area contributed by atoms with E-state index in [9.17, 15) is 31.5 Å². The molecule has 248 valence electrons. The van der Waals surface area contributed by atoms with Crippen molar-refractivity contribution in [2.45, 2.75) is 81.7 Å². The average Bonchev–Trinajstić information content (AvgIpc) is 3.10. The van der Waals surface area contributed by atoms with E-state index in [2.05, 4.69) is 20.1 Å². The Kier molecular flexibility index (Phi) is 11.5. The molecular weight excluding hydrogens is 608 g/mol. The minimum absolute atomic E-state index is 0.0927. The average molecular weight is 647 g/mol. The molecule has 0 radical (unpaired) electrons. The zero-order chi connectivity index (χ0) is 33.3. The minimum Gasteiger partial charge on any atom is -0.507 e. The zero-order valence-corrected chi connectivity index (χ0v) is 25.8. The van der Waals surface area contributed by atoms with Crippen molar-refractivity contribution in [3.05, 3.63) is 115 Å². The van der Waals surface area contributed by atoms with Crippen molar-refractivity contribution < 1.29 is 39.4 Å². The van der Waals surface area contributed by atoms with Gasteiger partial charge < -0.3 is 39.4 Å². The molecule has 0 bridgehead atoms. The van der Waals surface area contributed by atoms with Gasteiger partial charge in [0.1, 0.15) is 23.7 Å². The number of hydrogen-bond donors (Lipinski definition) is 4. The van der Waals surface area contributed by atoms with Crippen molar-refractivity contribution in [2.24, 2.45) is 10.2 Å². The summed E-state index contributed by atoms with van der Waals surface area (Å²) in [6, 6.07) is 18.7. The van der Waals surface area contributed by atoms with Crippen molar-refractivity contribution in [3.63, 3.8) is 0 Å². The third kappa shape index (κ3) is 7.79. The van der Waals surface area contributed by atoms with Crippen LogP contribution in [0, 0.1) is 6.92 Å². The predicted octanol–water partition coefficient (Wildman–Crippen LogP) is 5.58. The SMILES string of the molecule is Cc1c(O)c([C@@H]2O[C@H](CO)[C@@H](OCc3ccccc3)C[C@H]2N=[N+]=[N-])cc([C@@H]2O[C@H](CO)[C@@H](OCc3ccccc3)C[C@H]2N=[N+]=[N-])c1O. The number of aromatic hydroxyl groups is 2. The highest BCUT2D eigenvalue weighted by Gasteiger charge is 2.43. The molecule has 2 saturated heterocycles. The molecule has 3 aromatic carbocycles. The van der Waals surface area contributed by atoms with Crippen LogP contribution >= 0.6 is 0 Å². The summed E-state index contributed by atoms with van der Waals surface area (Å²) in [6.45, 7) is 1.18. The summed E-state index contributed by atoms with van der Waals surface area (Å²) in [5.41, 5.74) is 21.1. The normalized spacial score (nSPS) is 27.4. The third-order valence-electron chi connectivity index (χ3n) is 8.67. The van der Waals surface area contributed by atoms with Gasteiger partial charge in [-0.25, -0.2) is 0 Å². The number of hydrogen-bond acceptors (Lipinski definition) is 10. The van der Waals surface area contributed by atoms with Gasteiger partial charge in [0.2, 0.25) is 0 Å². The first-order valence-corrected chi connectivity index (χ1v) is 15.4. The van der Waals surface area contributed by atoms with Crippen LogP contribution in [0.4, 0.5) is 0 Å². The second-order valence-corrected chi connectivity index (χ2v) is 11.6. The number of phenols is 2. The fraction of sp³-hybridized carbons (Fsp3) is 0.455. The minimum atomic E-state index is -1.03. The molecule has 14 nitrogen and oxygen atoms in total. The maximum Gasteiger partial charge on any atom is 0.128 e. The number of phenolic OH excluding ortho intramolecular Hbond substituents is 2. The van der Waals surface area contributed by atoms with Crippen LogP contribution in [0.3, 0.4) is 0 Å². The molecule has 0 unspecified atom stereocenters. The van der Waals surface area contributed by atoms with E-state index in [1.54, 1.807) is 0 Å². The smallest absolute Gasteiger partial charge is 0.128 e. The van der Waals surface area contributed by atoms with Crippen LogP contribution in [0.1, 0.15) is 52.9 Å². The Balaban J connectivity index is 1.43. The molecule has 47 heavy (non-hydrogen) atoms. The molecule has 0 saturated carbocycles. The maximum absolute atomic E-state index is 11.3. The molecule has 2 fully saturated rings. The molecule has 2 aliphatic heterocycles. The van der Waals surface area contributed by atoms with Crippen LogP contribution in [-0.2, 0) is 32.2 Å². The van der Waals surface area contributed by atoms with E-state index in [-0.39, 0.29) is 54.2 Å². The Morgan fingerprint density at radius 1 is 0.723 bits per heavy atom. The monoisotopic (exact) mass is 646 g/mol. The van der Waals surface area contributed by atoms with Crippen molar-refractivity contribution >= 4 is 0 Å². The Morgan fingerprint density at radius 2 is 1.13 bits per heavy atom. The molecule has 4 N–H and O–H groups in total. The first-order chi connectivity index (χ1) is 22.9. The van der Waals surface area contributed by atoms with Crippen molar-refractivity contribution in [1.82, 2.24) is 0 Å². The van der Waals surface area contributed by atoms with Gasteiger partial charge in [0.15, 0.2) is 0 Å². The molecule has 3 aromatic rings. The van der Waals surface area contributed by atoms with E-state index in [0.29, 0.717) is 0 Å². The second kappa shape index (κ2) is 16.0. The highest BCUT2D eigenvalue weighted by Crippen LogP contribution is 2.47. The highest BCUT2D eigenvalue weighted by molar-refractivity contribution is 5.55. The van der Waals surface area contributed by atoms with Gasteiger partial charge in [-0.1, -0.05) is 70.9 Å². The molecule has 0 spiro atoms. The summed E-state index contributed by atoms with van der Waals surface area (Å²) in [6.07, 6.45) is -4.61. The van der Waals surface area contributed by atoms with Gasteiger partial charge in [-0.15, -0.1) is 0 Å². The summed E-state index contributed by atoms with van der Waals surface area (Å²) in [5, 5.41) is 50.9. The molecule has 2 aliphatic rings. The van der Waals surface area contributed by atoms with Crippen molar-refractivity contribution in [2.75, 3.05) is 13.2 Å². The van der Waals surface area contributed by atoms with Crippen LogP contribution in [0.15, 0.2) is 77.0 Å². The number of azide groups is 2. The standard InChI is InChI=1S/C33H38N6O8/c1-19-30(42)22(32-24(36-38-34)13-26(28(15-40)46-32)44-17-20-8-4-2-5-9-20)12-23(31(19)43)33-25(37-39-35)14-27(29(16-41)47-33)45-18-21-10-6-3-7-11-21/h2-12,24-29,32-33,40-43H,13-18H2,1H3/t24-,25-,26+,27+,28-,29-,32+,33+/m1/s1. The number of rotatable bonds is 12. The Morgan fingerprint density at radius 3 is 1.49 bits per heavy atom. The molecule has 0 aromatic heterocycles. The molecule has 0 aliphatic carbocycles. The molecule has 14 heteroatoms. The zero-order valence-electron chi connectivity index (χ0n) is 25.8. The van der Waals surface area contributed by atoms with Crippen LogP contribution in [0.2, 0.25) is 0 Å². The van der Waals surface area contributed by atoms with Gasteiger partial charge in [0.05, 0.1) is 62.9 Å². The lowest BCUT2D eigenvalue weighted by atomic mass is 9.86. The van der Waals surface area contributed by atoms with E-state index in [4.69, 9.17) is 18.9 Å². The Hall–Kier alpha value is -4.36. The third-order valence-corrected chi connectivity index (χ3v) is 8.67. The number of nitrogens with zero attached hydrogens (tertiary/aromatic N) is 6. The summed E-state index contributed by atoms with van der Waals surface area (Å²) < 4.78 is 24.7. The highest BCUT2D eigenvalue weighted by atomic mass is 16.6. The number of ether oxygens (including phenoxy) is 4. The van der Waals surface area contributed by atoms with Crippen LogP contribution < -0.4 is 0 Å². The first-order valence-electron chi connectivity index (χ1n) is 15.4. The van der Waals surface area contributed by atoms with Crippen LogP contribution in [-0.4, -0.2) is 70.1 Å². The van der Waals surface area contributed by atoms with E-state index < -0.39 is 61.9 Å². The quantitative estimate of drug-likeness (QED) is 0.110. The van der Waals surface area contributed by atoms with Gasteiger partial charge >= 0.3 is 0 Å². The van der Waals surface area contributed by atoms with Gasteiger partial charge in [0, 0.05) is 26.5 Å². The second-order valence-electron chi connectivity index (χ2n) is 11.6. The number of aliphatic hydroxyl groups is 2. The number of aliphatic hydroxyl groups excluding tert-OH is 2. The molecule has 8 atom stereocenters. The van der Waals surface area contributed by atoms with Crippen LogP contribution in [0.25, 0.3) is 20.9 Å². The fourth-order valence-electron chi connectivity index (χ4n) is 6.18. The summed E-state index contributed by atoms with van der Waals surface area (Å²) in [4.78, 5) is 6.00. The molecular formula is C33H38N6O8. The van der Waals surface area contributed by atoms with Crippen molar-refractivity contribution in [1.29, 1.82) is 0 Å². The number of benzene rings is 3. The molecule has 5 rings (SSSR count). The van der Waals surface area contributed by atoms with E-state index in [1.807, 2.05) is 60.7 Å². The van der Waals surface area contributed by atoms with Gasteiger partial charge in [-0.3, -0.25) is 0 Å². The maximum atomic E-state index is 11.3. The van der Waals surface area contributed by atoms with Gasteiger partial charge in [-0.2, -0.15) is 0 Å². The Labute approximate surface area is 271 Å². The predicted molar refractivity (Wildman–Crippen MR) is 169 cm³/mol. The summed E-state index contributed by atoms with van der Waals surface area (Å²) >= 11 is 0. The fourth-order valence-corrected chi connectivity index (χ4v) is 6.18. The summed E-state index contributed by atoms with van der Waals surface area (Å²) in [7, 11) is 0. The summed E-state index contributed by atoms with van der Waals surface area (Å²) in [5.74, 6) is -0.595. The lowest BCUT2D eigenvalue weighted by Crippen LogP contribution is -2.46. The lowest BCUT2D eigenvalue weighted by Gasteiger charge is -2.41. The van der Waals surface area contributed by atoms with Gasteiger partial charge in [0.25, 0.3) is 0 Å². The first kappa shape index (κ1) is 34.0. The van der Waals surface area contributed by atoms with Gasteiger partial charge in [-0.05, 0) is 48.0 Å². The topological polar surface area (TPSA) is 215 Å².